The van der Waals surface area contributed by atoms with Crippen LogP contribution in [0.2, 0.25) is 0 Å². The Morgan fingerprint density at radius 3 is 2.43 bits per heavy atom. The highest BCUT2D eigenvalue weighted by Gasteiger charge is 2.38. The van der Waals surface area contributed by atoms with E-state index in [1.54, 1.807) is 19.2 Å². The van der Waals surface area contributed by atoms with Gasteiger partial charge in [-0.25, -0.2) is 0 Å². The van der Waals surface area contributed by atoms with E-state index in [1.165, 1.54) is 6.07 Å². The van der Waals surface area contributed by atoms with Crippen LogP contribution < -0.4 is 10.2 Å². The molecule has 1 aliphatic rings. The predicted octanol–water partition coefficient (Wildman–Crippen LogP) is 4.05. The van der Waals surface area contributed by atoms with Crippen LogP contribution in [0.15, 0.2) is 18.2 Å². The minimum absolute atomic E-state index is 0.267. The molecule has 5 heteroatoms. The van der Waals surface area contributed by atoms with E-state index in [2.05, 4.69) is 5.32 Å². The number of halogens is 3. The van der Waals surface area contributed by atoms with Crippen molar-refractivity contribution in [2.75, 3.05) is 18.5 Å². The van der Waals surface area contributed by atoms with E-state index >= 15 is 0 Å². The Bertz CT molecular complexity index is 479. The molecule has 0 radical (unpaired) electrons. The van der Waals surface area contributed by atoms with Crippen molar-refractivity contribution in [1.29, 1.82) is 0 Å². The second-order valence-corrected chi connectivity index (χ2v) is 6.16. The number of benzene rings is 1. The quantitative estimate of drug-likeness (QED) is 0.852. The Morgan fingerprint density at radius 1 is 1.29 bits per heavy atom. The van der Waals surface area contributed by atoms with Gasteiger partial charge >= 0.3 is 6.18 Å². The van der Waals surface area contributed by atoms with Gasteiger partial charge in [0.2, 0.25) is 0 Å². The lowest BCUT2D eigenvalue weighted by molar-refractivity contribution is -0.137. The molecule has 2 nitrogen and oxygen atoms in total. The fourth-order valence-corrected chi connectivity index (χ4v) is 2.60. The Kier molecular flexibility index (Phi) is 4.81. The van der Waals surface area contributed by atoms with Crippen LogP contribution in [0.25, 0.3) is 0 Å². The van der Waals surface area contributed by atoms with Crippen LogP contribution in [0.3, 0.4) is 0 Å². The molecule has 21 heavy (non-hydrogen) atoms. The van der Waals surface area contributed by atoms with E-state index < -0.39 is 11.7 Å². The van der Waals surface area contributed by atoms with Gasteiger partial charge in [0.15, 0.2) is 0 Å². The summed E-state index contributed by atoms with van der Waals surface area (Å²) in [5.41, 5.74) is 0.482. The molecule has 118 valence electrons. The van der Waals surface area contributed by atoms with E-state index in [4.69, 9.17) is 0 Å². The molecule has 0 aromatic heterocycles. The smallest absolute Gasteiger partial charge is 0.368 e. The number of hydrogen-bond donors (Lipinski definition) is 1. The monoisotopic (exact) mass is 300 g/mol. The molecule has 0 amide bonds. The summed E-state index contributed by atoms with van der Waals surface area (Å²) in [5.74, 6) is 0.337. The maximum absolute atomic E-state index is 13.4. The molecule has 0 spiro atoms. The molecule has 2 rings (SSSR count). The first-order valence-electron chi connectivity index (χ1n) is 7.44. The molecule has 0 aliphatic heterocycles. The largest absolute Gasteiger partial charge is 0.418 e. The highest BCUT2D eigenvalue weighted by atomic mass is 19.4. The summed E-state index contributed by atoms with van der Waals surface area (Å²) < 4.78 is 40.2. The zero-order valence-electron chi connectivity index (χ0n) is 12.8. The van der Waals surface area contributed by atoms with Crippen LogP contribution in [0.5, 0.6) is 0 Å². The zero-order valence-corrected chi connectivity index (χ0v) is 12.8. The Hall–Kier alpha value is -1.23. The van der Waals surface area contributed by atoms with Crippen molar-refractivity contribution in [3.05, 3.63) is 29.3 Å². The average Bonchev–Trinajstić information content (AvgIpc) is 3.19. The molecule has 0 heterocycles. The van der Waals surface area contributed by atoms with Gasteiger partial charge in [0.25, 0.3) is 0 Å². The molecule has 1 aromatic rings. The van der Waals surface area contributed by atoms with Crippen LogP contribution >= 0.6 is 0 Å². The number of rotatable bonds is 6. The van der Waals surface area contributed by atoms with E-state index in [-0.39, 0.29) is 6.04 Å². The topological polar surface area (TPSA) is 15.3 Å². The van der Waals surface area contributed by atoms with Gasteiger partial charge in [-0.05, 0) is 43.5 Å². The third kappa shape index (κ3) is 4.13. The van der Waals surface area contributed by atoms with Crippen molar-refractivity contribution in [1.82, 2.24) is 5.32 Å². The van der Waals surface area contributed by atoms with Gasteiger partial charge in [-0.2, -0.15) is 13.2 Å². The van der Waals surface area contributed by atoms with Gasteiger partial charge in [0, 0.05) is 24.8 Å². The summed E-state index contributed by atoms with van der Waals surface area (Å²) >= 11 is 0. The highest BCUT2D eigenvalue weighted by molar-refractivity contribution is 5.58. The SMILES string of the molecule is CNCc1ccc(N(CC(C)C)C2CC2)c(C(F)(F)F)c1. The molecule has 0 bridgehead atoms. The molecule has 0 unspecified atom stereocenters. The van der Waals surface area contributed by atoms with E-state index in [9.17, 15) is 13.2 Å². The van der Waals surface area contributed by atoms with E-state index in [0.29, 0.717) is 30.3 Å². The summed E-state index contributed by atoms with van der Waals surface area (Å²) in [6.45, 7) is 5.19. The Morgan fingerprint density at radius 2 is 1.95 bits per heavy atom. The van der Waals surface area contributed by atoms with Crippen LogP contribution in [-0.2, 0) is 12.7 Å². The third-order valence-electron chi connectivity index (χ3n) is 3.61. The molecule has 1 aliphatic carbocycles. The van der Waals surface area contributed by atoms with Gasteiger partial charge in [-0.1, -0.05) is 19.9 Å². The minimum atomic E-state index is -4.32. The lowest BCUT2D eigenvalue weighted by Crippen LogP contribution is -2.32. The molecular weight excluding hydrogens is 277 g/mol. The molecule has 1 saturated carbocycles. The standard InChI is InChI=1S/C16H23F3N2/c1-11(2)10-21(13-5-6-13)15-7-4-12(9-20-3)8-14(15)16(17,18)19/h4,7-8,11,13,20H,5-6,9-10H2,1-3H3. The molecule has 1 aromatic carbocycles. The van der Waals surface area contributed by atoms with Crippen molar-refractivity contribution in [3.8, 4) is 0 Å². The van der Waals surface area contributed by atoms with Gasteiger partial charge in [-0.3, -0.25) is 0 Å². The van der Waals surface area contributed by atoms with Gasteiger partial charge in [0.1, 0.15) is 0 Å². The molecule has 1 N–H and O–H groups in total. The number of anilines is 1. The van der Waals surface area contributed by atoms with E-state index in [0.717, 1.165) is 12.8 Å². The number of nitrogens with one attached hydrogen (secondary N) is 1. The van der Waals surface area contributed by atoms with Crippen molar-refractivity contribution >= 4 is 5.69 Å². The second-order valence-electron chi connectivity index (χ2n) is 6.16. The van der Waals surface area contributed by atoms with Gasteiger partial charge in [0.05, 0.1) is 5.56 Å². The summed E-state index contributed by atoms with van der Waals surface area (Å²) in [4.78, 5) is 1.94. The number of hydrogen-bond acceptors (Lipinski definition) is 2. The first-order valence-corrected chi connectivity index (χ1v) is 7.44. The average molecular weight is 300 g/mol. The van der Waals surface area contributed by atoms with Crippen molar-refractivity contribution in [2.45, 2.75) is 45.5 Å². The molecular formula is C16H23F3N2. The summed E-state index contributed by atoms with van der Waals surface area (Å²) in [6, 6.07) is 4.97. The first-order chi connectivity index (χ1) is 9.82. The Balaban J connectivity index is 2.40. The van der Waals surface area contributed by atoms with Gasteiger partial charge in [-0.15, -0.1) is 0 Å². The lowest BCUT2D eigenvalue weighted by Gasteiger charge is -2.29. The lowest BCUT2D eigenvalue weighted by atomic mass is 10.1. The molecule has 0 atom stereocenters. The third-order valence-corrected chi connectivity index (χ3v) is 3.61. The Labute approximate surface area is 124 Å². The summed E-state index contributed by atoms with van der Waals surface area (Å²) in [7, 11) is 1.73. The van der Waals surface area contributed by atoms with Crippen LogP contribution in [0.1, 0.15) is 37.8 Å². The fraction of sp³-hybridized carbons (Fsp3) is 0.625. The normalized spacial score (nSPS) is 15.6. The zero-order chi connectivity index (χ0) is 15.6. The maximum Gasteiger partial charge on any atom is 0.418 e. The maximum atomic E-state index is 13.4. The van der Waals surface area contributed by atoms with E-state index in [1.807, 2.05) is 18.7 Å². The van der Waals surface area contributed by atoms with Crippen molar-refractivity contribution in [3.63, 3.8) is 0 Å². The predicted molar refractivity (Wildman–Crippen MR) is 79.4 cm³/mol. The molecule has 0 saturated heterocycles. The summed E-state index contributed by atoms with van der Waals surface area (Å²) in [5, 5.41) is 2.90. The van der Waals surface area contributed by atoms with Crippen LogP contribution in [0.4, 0.5) is 18.9 Å². The first kappa shape index (κ1) is 16.1. The second kappa shape index (κ2) is 6.26. The summed E-state index contributed by atoms with van der Waals surface area (Å²) in [6.07, 6.45) is -2.34. The van der Waals surface area contributed by atoms with Gasteiger partial charge < -0.3 is 10.2 Å². The minimum Gasteiger partial charge on any atom is -0.368 e. The van der Waals surface area contributed by atoms with Crippen LogP contribution in [0, 0.1) is 5.92 Å². The van der Waals surface area contributed by atoms with Crippen molar-refractivity contribution < 1.29 is 13.2 Å². The highest BCUT2D eigenvalue weighted by Crippen LogP contribution is 2.41. The van der Waals surface area contributed by atoms with Crippen LogP contribution in [-0.4, -0.2) is 19.6 Å². The number of alkyl halides is 3. The molecule has 1 fully saturated rings. The number of nitrogens with zero attached hydrogens (tertiary/aromatic N) is 1. The fourth-order valence-electron chi connectivity index (χ4n) is 2.60. The van der Waals surface area contributed by atoms with Crippen molar-refractivity contribution in [2.24, 2.45) is 5.92 Å².